The number of aromatic nitrogens is 3. The molecule has 0 bridgehead atoms. The lowest BCUT2D eigenvalue weighted by atomic mass is 10.0. The number of amides is 1. The fourth-order valence-electron chi connectivity index (χ4n) is 4.08. The molecule has 0 saturated heterocycles. The summed E-state index contributed by atoms with van der Waals surface area (Å²) in [5, 5.41) is 0.535. The molecule has 5 rings (SSSR count). The first kappa shape index (κ1) is 19.6. The number of anilines is 1. The van der Waals surface area contributed by atoms with Crippen LogP contribution in [0.4, 0.5) is 5.69 Å². The maximum atomic E-state index is 13.0. The highest BCUT2D eigenvalue weighted by Gasteiger charge is 2.23. The summed E-state index contributed by atoms with van der Waals surface area (Å²) in [5.41, 5.74) is 5.03. The van der Waals surface area contributed by atoms with Crippen molar-refractivity contribution in [2.45, 2.75) is 18.0 Å². The molecule has 1 amide bonds. The highest BCUT2D eigenvalue weighted by atomic mass is 32.2. The number of fused-ring (bicyclic) bond motifs is 2. The quantitative estimate of drug-likeness (QED) is 0.392. The minimum absolute atomic E-state index is 0.0313. The van der Waals surface area contributed by atoms with E-state index in [9.17, 15) is 9.59 Å². The first-order valence-corrected chi connectivity index (χ1v) is 11.3. The van der Waals surface area contributed by atoms with Crippen LogP contribution in [0.5, 0.6) is 0 Å². The number of aryl methyl sites for hydroxylation is 1. The average molecular weight is 431 g/mol. The predicted octanol–water partition coefficient (Wildman–Crippen LogP) is 4.00. The van der Waals surface area contributed by atoms with E-state index in [0.717, 1.165) is 36.2 Å². The van der Waals surface area contributed by atoms with Gasteiger partial charge in [-0.15, -0.1) is 0 Å². The molecule has 7 heteroatoms. The largest absolute Gasteiger partial charge is 0.355 e. The van der Waals surface area contributed by atoms with Gasteiger partial charge in [-0.3, -0.25) is 14.2 Å². The number of carbonyl (C=O) groups excluding carboxylic acids is 1. The van der Waals surface area contributed by atoms with Crippen molar-refractivity contribution in [3.8, 4) is 11.1 Å². The van der Waals surface area contributed by atoms with Crippen molar-refractivity contribution in [1.29, 1.82) is 0 Å². The standard InChI is InChI=1S/C24H22N4O2S/c1-27-23(30)22-21(18(14-25-22)16-8-3-2-4-9-16)26-24(27)31-15-20(29)28-13-7-11-17-10-5-6-12-19(17)28/h2-6,8-10,12,14,25H,7,11,13,15H2,1H3. The number of rotatable bonds is 4. The first-order valence-electron chi connectivity index (χ1n) is 10.3. The van der Waals surface area contributed by atoms with Crippen LogP contribution >= 0.6 is 11.8 Å². The van der Waals surface area contributed by atoms with Gasteiger partial charge < -0.3 is 9.88 Å². The Hall–Kier alpha value is -3.32. The summed E-state index contributed by atoms with van der Waals surface area (Å²) in [5.74, 6) is 0.259. The van der Waals surface area contributed by atoms with Gasteiger partial charge in [0.05, 0.1) is 5.75 Å². The van der Waals surface area contributed by atoms with Gasteiger partial charge in [-0.2, -0.15) is 0 Å². The lowest BCUT2D eigenvalue weighted by molar-refractivity contribution is -0.116. The maximum Gasteiger partial charge on any atom is 0.278 e. The van der Waals surface area contributed by atoms with Crippen molar-refractivity contribution < 1.29 is 4.79 Å². The predicted molar refractivity (Wildman–Crippen MR) is 125 cm³/mol. The monoisotopic (exact) mass is 430 g/mol. The Morgan fingerprint density at radius 2 is 1.90 bits per heavy atom. The van der Waals surface area contributed by atoms with Crippen LogP contribution in [0.25, 0.3) is 22.2 Å². The average Bonchev–Trinajstić information content (AvgIpc) is 3.24. The molecule has 4 aromatic rings. The highest BCUT2D eigenvalue weighted by Crippen LogP contribution is 2.29. The lowest BCUT2D eigenvalue weighted by Gasteiger charge is -2.29. The van der Waals surface area contributed by atoms with Gasteiger partial charge in [0.25, 0.3) is 5.56 Å². The van der Waals surface area contributed by atoms with Crippen molar-refractivity contribution in [1.82, 2.24) is 14.5 Å². The summed E-state index contributed by atoms with van der Waals surface area (Å²) in [6.07, 6.45) is 3.77. The minimum Gasteiger partial charge on any atom is -0.355 e. The number of aromatic amines is 1. The van der Waals surface area contributed by atoms with Gasteiger partial charge >= 0.3 is 0 Å². The molecule has 0 spiro atoms. The van der Waals surface area contributed by atoms with Gasteiger partial charge in [0, 0.05) is 31.0 Å². The van der Waals surface area contributed by atoms with Gasteiger partial charge in [0.1, 0.15) is 11.0 Å². The topological polar surface area (TPSA) is 71.0 Å². The summed E-state index contributed by atoms with van der Waals surface area (Å²) >= 11 is 1.31. The molecule has 3 heterocycles. The second-order valence-corrected chi connectivity index (χ2v) is 8.56. The molecular weight excluding hydrogens is 408 g/mol. The van der Waals surface area contributed by atoms with Crippen LogP contribution in [-0.2, 0) is 18.3 Å². The molecule has 0 fully saturated rings. The molecule has 0 atom stereocenters. The third-order valence-electron chi connectivity index (χ3n) is 5.69. The molecule has 0 saturated carbocycles. The van der Waals surface area contributed by atoms with Crippen LogP contribution in [0.1, 0.15) is 12.0 Å². The van der Waals surface area contributed by atoms with E-state index in [-0.39, 0.29) is 17.2 Å². The number of hydrogen-bond acceptors (Lipinski definition) is 4. The fourth-order valence-corrected chi connectivity index (χ4v) is 4.92. The van der Waals surface area contributed by atoms with E-state index in [1.165, 1.54) is 21.9 Å². The SMILES string of the molecule is Cn1c(SCC(=O)N2CCCc3ccccc32)nc2c(-c3ccccc3)c[nH]c2c1=O. The molecule has 6 nitrogen and oxygen atoms in total. The molecule has 2 aromatic heterocycles. The van der Waals surface area contributed by atoms with E-state index < -0.39 is 0 Å². The van der Waals surface area contributed by atoms with E-state index in [2.05, 4.69) is 11.1 Å². The molecule has 1 aliphatic rings. The number of thioether (sulfide) groups is 1. The summed E-state index contributed by atoms with van der Waals surface area (Å²) in [6, 6.07) is 17.9. The third kappa shape index (κ3) is 3.55. The van der Waals surface area contributed by atoms with Gasteiger partial charge in [-0.05, 0) is 30.0 Å². The van der Waals surface area contributed by atoms with E-state index in [4.69, 9.17) is 4.98 Å². The molecule has 0 unspecified atom stereocenters. The molecule has 1 aliphatic heterocycles. The van der Waals surface area contributed by atoms with Crippen LogP contribution in [0.15, 0.2) is 70.7 Å². The highest BCUT2D eigenvalue weighted by molar-refractivity contribution is 7.99. The Kier molecular flexibility index (Phi) is 5.11. The molecule has 156 valence electrons. The Morgan fingerprint density at radius 1 is 1.13 bits per heavy atom. The van der Waals surface area contributed by atoms with Gasteiger partial charge in [-0.25, -0.2) is 4.98 Å². The first-order chi connectivity index (χ1) is 15.1. The summed E-state index contributed by atoms with van der Waals surface area (Å²) in [4.78, 5) is 35.6. The molecule has 31 heavy (non-hydrogen) atoms. The second-order valence-electron chi connectivity index (χ2n) is 7.62. The van der Waals surface area contributed by atoms with Gasteiger partial charge in [0.15, 0.2) is 5.16 Å². The molecular formula is C24H22N4O2S. The smallest absolute Gasteiger partial charge is 0.278 e. The fraction of sp³-hybridized carbons (Fsp3) is 0.208. The summed E-state index contributed by atoms with van der Waals surface area (Å²) in [6.45, 7) is 0.720. The number of para-hydroxylation sites is 1. The van der Waals surface area contributed by atoms with E-state index >= 15 is 0 Å². The van der Waals surface area contributed by atoms with Crippen LogP contribution in [0.2, 0.25) is 0 Å². The van der Waals surface area contributed by atoms with Crippen molar-refractivity contribution in [2.24, 2.45) is 7.05 Å². The van der Waals surface area contributed by atoms with Crippen molar-refractivity contribution in [2.75, 3.05) is 17.2 Å². The number of benzene rings is 2. The number of nitrogens with one attached hydrogen (secondary N) is 1. The number of nitrogens with zero attached hydrogens (tertiary/aromatic N) is 3. The normalized spacial score (nSPS) is 13.4. The molecule has 1 N–H and O–H groups in total. The van der Waals surface area contributed by atoms with E-state index in [1.54, 1.807) is 7.05 Å². The number of carbonyl (C=O) groups is 1. The van der Waals surface area contributed by atoms with Crippen molar-refractivity contribution >= 4 is 34.4 Å². The molecule has 0 aliphatic carbocycles. The Morgan fingerprint density at radius 3 is 2.74 bits per heavy atom. The summed E-state index contributed by atoms with van der Waals surface area (Å²) in [7, 11) is 1.70. The van der Waals surface area contributed by atoms with Gasteiger partial charge in [-0.1, -0.05) is 60.3 Å². The Balaban J connectivity index is 1.44. The van der Waals surface area contributed by atoms with Crippen LogP contribution in [0.3, 0.4) is 0 Å². The van der Waals surface area contributed by atoms with Crippen molar-refractivity contribution in [3.63, 3.8) is 0 Å². The number of hydrogen-bond donors (Lipinski definition) is 1. The van der Waals surface area contributed by atoms with E-state index in [1.807, 2.05) is 59.6 Å². The molecule has 2 aromatic carbocycles. The second kappa shape index (κ2) is 8.07. The molecule has 0 radical (unpaired) electrons. The summed E-state index contributed by atoms with van der Waals surface area (Å²) < 4.78 is 1.51. The zero-order valence-corrected chi connectivity index (χ0v) is 18.0. The van der Waals surface area contributed by atoms with Crippen LogP contribution in [-0.4, -0.2) is 32.7 Å². The Bertz CT molecular complexity index is 1330. The minimum atomic E-state index is -0.148. The number of H-pyrrole nitrogens is 1. The van der Waals surface area contributed by atoms with Crippen molar-refractivity contribution in [3.05, 3.63) is 76.7 Å². The lowest BCUT2D eigenvalue weighted by Crippen LogP contribution is -2.36. The third-order valence-corrected chi connectivity index (χ3v) is 6.70. The van der Waals surface area contributed by atoms with Gasteiger partial charge in [0.2, 0.25) is 5.91 Å². The van der Waals surface area contributed by atoms with Crippen LogP contribution < -0.4 is 10.5 Å². The Labute approximate surface area is 183 Å². The van der Waals surface area contributed by atoms with E-state index in [0.29, 0.717) is 16.2 Å². The van der Waals surface area contributed by atoms with Crippen LogP contribution in [0, 0.1) is 0 Å². The zero-order chi connectivity index (χ0) is 21.4. The maximum absolute atomic E-state index is 13.0. The zero-order valence-electron chi connectivity index (χ0n) is 17.2.